The molecule has 1 saturated heterocycles. The lowest BCUT2D eigenvalue weighted by Gasteiger charge is -2.30. The minimum atomic E-state index is -0.0474. The quantitative estimate of drug-likeness (QED) is 0.921. The maximum atomic E-state index is 12.7. The molecule has 1 aliphatic heterocycles. The van der Waals surface area contributed by atoms with Crippen molar-refractivity contribution in [3.63, 3.8) is 0 Å². The number of nitrogens with zero attached hydrogens (tertiary/aromatic N) is 6. The lowest BCUT2D eigenvalue weighted by molar-refractivity contribution is 0.0710. The van der Waals surface area contributed by atoms with Crippen molar-refractivity contribution >= 4 is 17.5 Å². The van der Waals surface area contributed by atoms with Crippen LogP contribution in [0.15, 0.2) is 0 Å². The van der Waals surface area contributed by atoms with Gasteiger partial charge in [-0.2, -0.15) is 10.3 Å². The summed E-state index contributed by atoms with van der Waals surface area (Å²) in [6, 6.07) is 0. The Kier molecular flexibility index (Phi) is 4.10. The van der Waals surface area contributed by atoms with Gasteiger partial charge in [0.25, 0.3) is 5.91 Å². The monoisotopic (exact) mass is 323 g/mol. The van der Waals surface area contributed by atoms with Gasteiger partial charge in [0.05, 0.1) is 11.3 Å². The molecular formula is C13H18ClN7O. The number of hydrogen-bond acceptors (Lipinski definition) is 5. The zero-order chi connectivity index (χ0) is 15.7. The maximum Gasteiger partial charge on any atom is 0.258 e. The lowest BCUT2D eigenvalue weighted by atomic mass is 9.96. The summed E-state index contributed by atoms with van der Waals surface area (Å²) in [7, 11) is 0. The Labute approximate surface area is 132 Å². The Balaban J connectivity index is 1.71. The Morgan fingerprint density at radius 2 is 2.14 bits per heavy atom. The molecule has 22 heavy (non-hydrogen) atoms. The smallest absolute Gasteiger partial charge is 0.258 e. The second-order valence-corrected chi connectivity index (χ2v) is 5.76. The van der Waals surface area contributed by atoms with E-state index in [1.54, 1.807) is 4.68 Å². The van der Waals surface area contributed by atoms with E-state index in [0.717, 1.165) is 18.7 Å². The summed E-state index contributed by atoms with van der Waals surface area (Å²) in [6.07, 6.45) is 1.65. The van der Waals surface area contributed by atoms with Gasteiger partial charge in [-0.15, -0.1) is 10.2 Å². The van der Waals surface area contributed by atoms with Crippen molar-refractivity contribution in [3.8, 4) is 0 Å². The summed E-state index contributed by atoms with van der Waals surface area (Å²) in [5.74, 6) is 0.923. The second-order valence-electron chi connectivity index (χ2n) is 5.40. The van der Waals surface area contributed by atoms with Gasteiger partial charge in [0, 0.05) is 25.6 Å². The Morgan fingerprint density at radius 1 is 1.41 bits per heavy atom. The molecule has 0 atom stereocenters. The number of piperidine rings is 1. The van der Waals surface area contributed by atoms with E-state index < -0.39 is 0 Å². The zero-order valence-electron chi connectivity index (χ0n) is 12.6. The number of H-pyrrole nitrogens is 1. The van der Waals surface area contributed by atoms with E-state index in [1.165, 1.54) is 0 Å². The Morgan fingerprint density at radius 3 is 2.68 bits per heavy atom. The highest BCUT2D eigenvalue weighted by Gasteiger charge is 2.30. The van der Waals surface area contributed by atoms with Gasteiger partial charge >= 0.3 is 0 Å². The van der Waals surface area contributed by atoms with Crippen LogP contribution in [0, 0.1) is 6.92 Å². The van der Waals surface area contributed by atoms with Crippen LogP contribution in [-0.2, 0) is 6.54 Å². The molecule has 0 saturated carbocycles. The highest BCUT2D eigenvalue weighted by atomic mass is 35.5. The third-order valence-electron chi connectivity index (χ3n) is 4.09. The number of aryl methyl sites for hydroxylation is 2. The van der Waals surface area contributed by atoms with Gasteiger partial charge < -0.3 is 4.90 Å². The fraction of sp³-hybridized carbons (Fsp3) is 0.615. The van der Waals surface area contributed by atoms with E-state index in [9.17, 15) is 4.79 Å². The fourth-order valence-corrected chi connectivity index (χ4v) is 3.22. The topological polar surface area (TPSA) is 92.6 Å². The van der Waals surface area contributed by atoms with Crippen LogP contribution in [0.25, 0.3) is 0 Å². The first-order valence-corrected chi connectivity index (χ1v) is 7.75. The molecule has 0 aliphatic carbocycles. The van der Waals surface area contributed by atoms with Crippen LogP contribution in [-0.4, -0.2) is 54.3 Å². The van der Waals surface area contributed by atoms with E-state index in [-0.39, 0.29) is 11.8 Å². The number of amides is 1. The van der Waals surface area contributed by atoms with Crippen molar-refractivity contribution in [1.82, 2.24) is 35.3 Å². The first-order chi connectivity index (χ1) is 10.6. The molecular weight excluding hydrogens is 306 g/mol. The molecule has 1 fully saturated rings. The molecule has 9 heteroatoms. The molecule has 3 rings (SSSR count). The number of carbonyl (C=O) groups is 1. The molecule has 1 N–H and O–H groups in total. The Hall–Kier alpha value is -1.96. The highest BCUT2D eigenvalue weighted by molar-refractivity contribution is 6.33. The van der Waals surface area contributed by atoms with E-state index in [0.29, 0.717) is 36.0 Å². The molecule has 0 spiro atoms. The van der Waals surface area contributed by atoms with Crippen LogP contribution in [0.2, 0.25) is 5.15 Å². The van der Waals surface area contributed by atoms with Crippen LogP contribution >= 0.6 is 11.6 Å². The summed E-state index contributed by atoms with van der Waals surface area (Å²) in [4.78, 5) is 14.5. The molecule has 8 nitrogen and oxygen atoms in total. The second kappa shape index (κ2) is 6.04. The van der Waals surface area contributed by atoms with Crippen molar-refractivity contribution in [2.45, 2.75) is 39.2 Å². The average Bonchev–Trinajstić information content (AvgIpc) is 3.15. The number of rotatable bonds is 3. The summed E-state index contributed by atoms with van der Waals surface area (Å²) in [6.45, 7) is 5.73. The van der Waals surface area contributed by atoms with Crippen LogP contribution < -0.4 is 0 Å². The van der Waals surface area contributed by atoms with Gasteiger partial charge in [-0.1, -0.05) is 16.8 Å². The van der Waals surface area contributed by atoms with Gasteiger partial charge in [0.2, 0.25) is 0 Å². The van der Waals surface area contributed by atoms with Crippen LogP contribution in [0.3, 0.4) is 0 Å². The van der Waals surface area contributed by atoms with E-state index >= 15 is 0 Å². The van der Waals surface area contributed by atoms with Gasteiger partial charge in [-0.05, 0) is 26.7 Å². The van der Waals surface area contributed by atoms with E-state index in [4.69, 9.17) is 11.6 Å². The molecule has 1 aliphatic rings. The van der Waals surface area contributed by atoms with Crippen molar-refractivity contribution in [3.05, 3.63) is 22.2 Å². The van der Waals surface area contributed by atoms with Crippen LogP contribution in [0.4, 0.5) is 0 Å². The standard InChI is InChI=1S/C13H18ClN7O/c1-3-21-11(14)10(8(2)17-21)13(22)20-6-4-9(5-7-20)12-15-18-19-16-12/h9H,3-7H2,1-2H3,(H,15,16,18,19). The highest BCUT2D eigenvalue weighted by Crippen LogP contribution is 2.28. The van der Waals surface area contributed by atoms with Gasteiger partial charge in [-0.25, -0.2) is 0 Å². The molecule has 3 heterocycles. The van der Waals surface area contributed by atoms with Crippen molar-refractivity contribution in [2.75, 3.05) is 13.1 Å². The molecule has 118 valence electrons. The number of aromatic amines is 1. The van der Waals surface area contributed by atoms with Gasteiger partial charge in [-0.3, -0.25) is 9.48 Å². The van der Waals surface area contributed by atoms with Crippen molar-refractivity contribution in [1.29, 1.82) is 0 Å². The van der Waals surface area contributed by atoms with Gasteiger partial charge in [0.1, 0.15) is 5.15 Å². The fourth-order valence-electron chi connectivity index (χ4n) is 2.85. The number of halogens is 1. The lowest BCUT2D eigenvalue weighted by Crippen LogP contribution is -2.38. The minimum Gasteiger partial charge on any atom is -0.338 e. The molecule has 0 radical (unpaired) electrons. The molecule has 1 amide bonds. The molecule has 2 aromatic rings. The molecule has 0 unspecified atom stereocenters. The number of tetrazole rings is 1. The first kappa shape index (κ1) is 15.0. The summed E-state index contributed by atoms with van der Waals surface area (Å²) < 4.78 is 1.65. The van der Waals surface area contributed by atoms with Crippen LogP contribution in [0.5, 0.6) is 0 Å². The molecule has 2 aromatic heterocycles. The molecule has 0 aromatic carbocycles. The third kappa shape index (κ3) is 2.58. The largest absolute Gasteiger partial charge is 0.338 e. The first-order valence-electron chi connectivity index (χ1n) is 7.37. The number of carbonyl (C=O) groups excluding carboxylic acids is 1. The molecule has 0 bridgehead atoms. The third-order valence-corrected chi connectivity index (χ3v) is 4.47. The number of nitrogens with one attached hydrogen (secondary N) is 1. The van der Waals surface area contributed by atoms with Crippen LogP contribution in [0.1, 0.15) is 47.6 Å². The summed E-state index contributed by atoms with van der Waals surface area (Å²) in [5.41, 5.74) is 1.19. The number of hydrogen-bond donors (Lipinski definition) is 1. The van der Waals surface area contributed by atoms with Crippen molar-refractivity contribution < 1.29 is 4.79 Å². The van der Waals surface area contributed by atoms with Crippen molar-refractivity contribution in [2.24, 2.45) is 0 Å². The van der Waals surface area contributed by atoms with E-state index in [2.05, 4.69) is 25.7 Å². The summed E-state index contributed by atoms with van der Waals surface area (Å²) >= 11 is 6.27. The zero-order valence-corrected chi connectivity index (χ0v) is 13.3. The SMILES string of the molecule is CCn1nc(C)c(C(=O)N2CCC(c3nn[nH]n3)CC2)c1Cl. The van der Waals surface area contributed by atoms with Gasteiger partial charge in [0.15, 0.2) is 5.82 Å². The number of likely N-dealkylation sites (tertiary alicyclic amines) is 1. The van der Waals surface area contributed by atoms with E-state index in [1.807, 2.05) is 18.7 Å². The summed E-state index contributed by atoms with van der Waals surface area (Å²) in [5, 5.41) is 18.8. The maximum absolute atomic E-state index is 12.7. The average molecular weight is 324 g/mol. The predicted octanol–water partition coefficient (Wildman–Crippen LogP) is 1.40. The predicted molar refractivity (Wildman–Crippen MR) is 79.7 cm³/mol. The number of aromatic nitrogens is 6. The minimum absolute atomic E-state index is 0.0474. The normalized spacial score (nSPS) is 16.2. The Bertz CT molecular complexity index is 658.